The number of nitrogens with zero attached hydrogens (tertiary/aromatic N) is 5. The molecule has 16 heteroatoms. The zero-order valence-corrected chi connectivity index (χ0v) is 27.4. The van der Waals surface area contributed by atoms with Gasteiger partial charge in [-0.1, -0.05) is 17.7 Å². The number of amides is 1. The first-order chi connectivity index (χ1) is 22.9. The van der Waals surface area contributed by atoms with E-state index in [1.807, 2.05) is 41.6 Å². The highest BCUT2D eigenvalue weighted by atomic mass is 35.5. The van der Waals surface area contributed by atoms with Crippen molar-refractivity contribution in [1.82, 2.24) is 24.6 Å². The van der Waals surface area contributed by atoms with E-state index >= 15 is 0 Å². The van der Waals surface area contributed by atoms with E-state index in [1.165, 1.54) is 12.1 Å². The van der Waals surface area contributed by atoms with Gasteiger partial charge < -0.3 is 10.0 Å². The molecule has 3 heterocycles. The van der Waals surface area contributed by atoms with Gasteiger partial charge in [-0.2, -0.15) is 18.3 Å². The Bertz CT molecular complexity index is 1690. The van der Waals surface area contributed by atoms with Crippen LogP contribution in [0.5, 0.6) is 0 Å². The third kappa shape index (κ3) is 8.36. The number of likely N-dealkylation sites (tertiary alicyclic amines) is 2. The van der Waals surface area contributed by atoms with Crippen LogP contribution in [0, 0.1) is 31.4 Å². The predicted molar refractivity (Wildman–Crippen MR) is 165 cm³/mol. The maximum atomic E-state index is 15.0. The Balaban J connectivity index is 0.000000606. The van der Waals surface area contributed by atoms with Crippen molar-refractivity contribution in [3.8, 4) is 5.69 Å². The van der Waals surface area contributed by atoms with Gasteiger partial charge in [-0.3, -0.25) is 9.69 Å². The summed E-state index contributed by atoms with van der Waals surface area (Å²) in [4.78, 5) is 31.1. The number of aliphatic carboxylic acids is 1. The molecule has 3 fully saturated rings. The Morgan fingerprint density at radius 3 is 2.24 bits per heavy atom. The maximum Gasteiger partial charge on any atom is 0.490 e. The van der Waals surface area contributed by atoms with Crippen LogP contribution >= 0.6 is 11.6 Å². The lowest BCUT2D eigenvalue weighted by Crippen LogP contribution is -2.42. The van der Waals surface area contributed by atoms with Crippen LogP contribution in [-0.4, -0.2) is 85.9 Å². The Hall–Kier alpha value is -3.72. The Labute approximate surface area is 282 Å². The molecule has 1 unspecified atom stereocenters. The third-order valence-electron chi connectivity index (χ3n) is 9.47. The van der Waals surface area contributed by atoms with Crippen LogP contribution in [0.25, 0.3) is 5.69 Å². The quantitative estimate of drug-likeness (QED) is 0.285. The van der Waals surface area contributed by atoms with Gasteiger partial charge in [-0.05, 0) is 80.8 Å². The molecular weight excluding hydrogens is 683 g/mol. The summed E-state index contributed by atoms with van der Waals surface area (Å²) in [5.74, 6) is -6.49. The molecule has 3 atom stereocenters. The average Bonchev–Trinajstić information content (AvgIpc) is 3.74. The minimum absolute atomic E-state index is 0.0831. The first-order valence-electron chi connectivity index (χ1n) is 15.8. The molecule has 0 spiro atoms. The van der Waals surface area contributed by atoms with Gasteiger partial charge in [0.1, 0.15) is 23.3 Å². The molecule has 2 aliphatic heterocycles. The number of carbonyl (C=O) groups is 2. The smallest absolute Gasteiger partial charge is 0.475 e. The maximum absolute atomic E-state index is 15.0. The molecule has 6 rings (SSSR count). The number of carboxylic acid groups (broad SMARTS) is 1. The molecule has 1 aromatic heterocycles. The summed E-state index contributed by atoms with van der Waals surface area (Å²) in [6.45, 7) is 4.68. The van der Waals surface area contributed by atoms with Crippen LogP contribution in [0.1, 0.15) is 66.7 Å². The molecule has 3 aliphatic rings. The van der Waals surface area contributed by atoms with E-state index in [0.717, 1.165) is 23.1 Å². The highest BCUT2D eigenvalue weighted by Crippen LogP contribution is 2.46. The second-order valence-electron chi connectivity index (χ2n) is 12.8. The van der Waals surface area contributed by atoms with Crippen molar-refractivity contribution >= 4 is 23.5 Å². The molecule has 0 radical (unpaired) electrons. The number of halogens is 8. The second-order valence-corrected chi connectivity index (χ2v) is 13.3. The van der Waals surface area contributed by atoms with Crippen LogP contribution in [-0.2, 0) is 9.59 Å². The molecule has 1 amide bonds. The van der Waals surface area contributed by atoms with Gasteiger partial charge in [0, 0.05) is 55.0 Å². The van der Waals surface area contributed by atoms with Crippen molar-refractivity contribution in [2.45, 2.75) is 75.9 Å². The number of aromatic nitrogens is 3. The van der Waals surface area contributed by atoms with Gasteiger partial charge in [0.15, 0.2) is 0 Å². The van der Waals surface area contributed by atoms with Crippen molar-refractivity contribution in [3.05, 3.63) is 75.8 Å². The molecule has 1 N–H and O–H groups in total. The molecule has 1 aliphatic carbocycles. The SMILES string of the molecule is Cc1nc(C2CCN(C(=O)[C@@H]3CC(N4CCC(F)(F)C4)C[C@H]3c3ccc(F)cc3F)CC2)n(-c2ccc(Cl)c(C)c2)n1.O=C(O)C(F)(F)F. The first kappa shape index (κ1) is 36.6. The molecule has 1 saturated carbocycles. The van der Waals surface area contributed by atoms with Crippen molar-refractivity contribution in [2.24, 2.45) is 5.92 Å². The normalized spacial score (nSPS) is 23.0. The fourth-order valence-corrected chi connectivity index (χ4v) is 7.16. The van der Waals surface area contributed by atoms with E-state index in [2.05, 4.69) is 5.10 Å². The largest absolute Gasteiger partial charge is 0.490 e. The minimum atomic E-state index is -5.08. The van der Waals surface area contributed by atoms with E-state index in [-0.39, 0.29) is 42.9 Å². The van der Waals surface area contributed by atoms with E-state index in [4.69, 9.17) is 26.5 Å². The predicted octanol–water partition coefficient (Wildman–Crippen LogP) is 7.06. The number of hydrogen-bond donors (Lipinski definition) is 1. The van der Waals surface area contributed by atoms with Crippen molar-refractivity contribution in [1.29, 1.82) is 0 Å². The monoisotopic (exact) mass is 717 g/mol. The zero-order valence-electron chi connectivity index (χ0n) is 26.7. The number of rotatable bonds is 5. The Morgan fingerprint density at radius 1 is 1.00 bits per heavy atom. The molecule has 49 heavy (non-hydrogen) atoms. The molecule has 2 saturated heterocycles. The number of benzene rings is 2. The molecule has 266 valence electrons. The number of hydrogen-bond acceptors (Lipinski definition) is 5. The summed E-state index contributed by atoms with van der Waals surface area (Å²) < 4.78 is 90.3. The topological polar surface area (TPSA) is 91.6 Å². The zero-order chi connectivity index (χ0) is 35.8. The highest BCUT2D eigenvalue weighted by molar-refractivity contribution is 6.31. The lowest BCUT2D eigenvalue weighted by molar-refractivity contribution is -0.192. The lowest BCUT2D eigenvalue weighted by Gasteiger charge is -2.34. The number of carbonyl (C=O) groups excluding carboxylic acids is 1. The fourth-order valence-electron chi connectivity index (χ4n) is 7.04. The number of alkyl halides is 5. The van der Waals surface area contributed by atoms with Crippen molar-refractivity contribution in [3.63, 3.8) is 0 Å². The summed E-state index contributed by atoms with van der Waals surface area (Å²) in [5.41, 5.74) is 2.09. The average molecular weight is 718 g/mol. The molecule has 3 aromatic rings. The molecule has 8 nitrogen and oxygen atoms in total. The number of carboxylic acids is 1. The molecular formula is C33H35ClF7N5O3. The van der Waals surface area contributed by atoms with Gasteiger partial charge in [-0.15, -0.1) is 0 Å². The Kier molecular flexibility index (Phi) is 10.6. The van der Waals surface area contributed by atoms with E-state index in [1.54, 1.807) is 4.90 Å². The summed E-state index contributed by atoms with van der Waals surface area (Å²) in [6.07, 6.45) is -3.18. The lowest BCUT2D eigenvalue weighted by atomic mass is 9.86. The van der Waals surface area contributed by atoms with Crippen LogP contribution < -0.4 is 0 Å². The summed E-state index contributed by atoms with van der Waals surface area (Å²) in [5, 5.41) is 12.4. The van der Waals surface area contributed by atoms with Gasteiger partial charge in [0.25, 0.3) is 5.92 Å². The van der Waals surface area contributed by atoms with Gasteiger partial charge in [-0.25, -0.2) is 32.0 Å². The van der Waals surface area contributed by atoms with Crippen LogP contribution in [0.2, 0.25) is 5.02 Å². The fraction of sp³-hybridized carbons (Fsp3) is 0.515. The van der Waals surface area contributed by atoms with Crippen LogP contribution in [0.3, 0.4) is 0 Å². The standard InChI is InChI=1S/C31H34ClF4N5O.C2HF3O2/c1-18-13-22(4-6-27(18)32)41-29(37-19(2)38-41)20-7-10-39(11-8-20)30(42)26-16-23(40-12-9-31(35,36)17-40)15-25(26)24-5-3-21(33)14-28(24)34;3-2(4,5)1(6)7/h3-6,13-14,20,23,25-26H,7-12,15-17H2,1-2H3;(H,6,7)/t23?,25-,26+;/m0./s1. The van der Waals surface area contributed by atoms with Gasteiger partial charge in [0.05, 0.1) is 12.2 Å². The molecule has 0 bridgehead atoms. The van der Waals surface area contributed by atoms with E-state index in [9.17, 15) is 35.5 Å². The minimum Gasteiger partial charge on any atom is -0.475 e. The third-order valence-corrected chi connectivity index (χ3v) is 9.90. The Morgan fingerprint density at radius 2 is 1.67 bits per heavy atom. The van der Waals surface area contributed by atoms with E-state index in [0.29, 0.717) is 49.6 Å². The van der Waals surface area contributed by atoms with Crippen molar-refractivity contribution in [2.75, 3.05) is 26.2 Å². The first-order valence-corrected chi connectivity index (χ1v) is 16.2. The van der Waals surface area contributed by atoms with Gasteiger partial charge >= 0.3 is 12.1 Å². The van der Waals surface area contributed by atoms with Crippen LogP contribution in [0.4, 0.5) is 30.7 Å². The van der Waals surface area contributed by atoms with Crippen molar-refractivity contribution < 1.29 is 45.4 Å². The number of aryl methyl sites for hydroxylation is 2. The summed E-state index contributed by atoms with van der Waals surface area (Å²) in [6, 6.07) is 8.89. The highest BCUT2D eigenvalue weighted by Gasteiger charge is 2.48. The van der Waals surface area contributed by atoms with Crippen LogP contribution in [0.15, 0.2) is 36.4 Å². The van der Waals surface area contributed by atoms with E-state index < -0.39 is 41.5 Å². The summed E-state index contributed by atoms with van der Waals surface area (Å²) in [7, 11) is 0. The van der Waals surface area contributed by atoms with Gasteiger partial charge in [0.2, 0.25) is 5.91 Å². The number of piperidine rings is 1. The molecule has 2 aromatic carbocycles. The summed E-state index contributed by atoms with van der Waals surface area (Å²) >= 11 is 6.23. The second kappa shape index (κ2) is 14.3.